The number of benzene rings is 2. The first-order valence-corrected chi connectivity index (χ1v) is 5.40. The van der Waals surface area contributed by atoms with Crippen LogP contribution in [0.15, 0.2) is 48.5 Å². The lowest BCUT2D eigenvalue weighted by molar-refractivity contribution is 0.634. The zero-order valence-electron chi connectivity index (χ0n) is 9.20. The number of hydrogen-bond donors (Lipinski definition) is 1. The molecular weight excluding hydrogens is 201 g/mol. The monoisotopic (exact) mass is 215 g/mol. The van der Waals surface area contributed by atoms with Gasteiger partial charge >= 0.3 is 0 Å². The van der Waals surface area contributed by atoms with Crippen molar-refractivity contribution >= 4 is 5.69 Å². The van der Waals surface area contributed by atoms with Gasteiger partial charge in [-0.2, -0.15) is 0 Å². The van der Waals surface area contributed by atoms with E-state index in [0.717, 1.165) is 12.1 Å². The van der Waals surface area contributed by atoms with Crippen LogP contribution < -0.4 is 5.32 Å². The number of hydrogen-bond acceptors (Lipinski definition) is 1. The van der Waals surface area contributed by atoms with E-state index in [4.69, 9.17) is 0 Å². The fourth-order valence-corrected chi connectivity index (χ4v) is 1.70. The highest BCUT2D eigenvalue weighted by molar-refractivity contribution is 5.69. The first kappa shape index (κ1) is 10.7. The smallest absolute Gasteiger partial charge is 0.154 e. The van der Waals surface area contributed by atoms with E-state index < -0.39 is 0 Å². The van der Waals surface area contributed by atoms with Crippen LogP contribution in [0.3, 0.4) is 0 Å². The molecule has 0 aliphatic carbocycles. The quantitative estimate of drug-likeness (QED) is 0.818. The van der Waals surface area contributed by atoms with E-state index in [1.54, 1.807) is 12.1 Å². The van der Waals surface area contributed by atoms with Gasteiger partial charge in [-0.15, -0.1) is 0 Å². The molecule has 0 aliphatic heterocycles. The summed E-state index contributed by atoms with van der Waals surface area (Å²) in [6.45, 7) is 2.67. The molecule has 82 valence electrons. The van der Waals surface area contributed by atoms with E-state index in [-0.39, 0.29) is 5.82 Å². The van der Waals surface area contributed by atoms with Crippen LogP contribution in [0.2, 0.25) is 0 Å². The van der Waals surface area contributed by atoms with Gasteiger partial charge in [0.2, 0.25) is 0 Å². The number of rotatable bonds is 3. The van der Waals surface area contributed by atoms with Crippen LogP contribution in [-0.4, -0.2) is 6.54 Å². The van der Waals surface area contributed by atoms with Crippen LogP contribution in [0.5, 0.6) is 0 Å². The Kier molecular flexibility index (Phi) is 3.20. The van der Waals surface area contributed by atoms with E-state index in [0.29, 0.717) is 11.3 Å². The molecule has 1 nitrogen and oxygen atoms in total. The van der Waals surface area contributed by atoms with Crippen LogP contribution in [-0.2, 0) is 0 Å². The molecule has 0 bridgehead atoms. The maximum Gasteiger partial charge on any atom is 0.154 e. The first-order valence-electron chi connectivity index (χ1n) is 5.40. The fourth-order valence-electron chi connectivity index (χ4n) is 1.70. The van der Waals surface area contributed by atoms with Crippen molar-refractivity contribution in [3.05, 3.63) is 54.3 Å². The van der Waals surface area contributed by atoms with Gasteiger partial charge in [-0.1, -0.05) is 42.5 Å². The lowest BCUT2D eigenvalue weighted by Gasteiger charge is -2.09. The second-order valence-corrected chi connectivity index (χ2v) is 3.56. The summed E-state index contributed by atoms with van der Waals surface area (Å²) in [7, 11) is 0. The standard InChI is InChI=1S/C14H14FN/c1-2-16-13-10-6-9-12(14(13)15)11-7-4-3-5-8-11/h3-10,16H,2H2,1H3. The summed E-state index contributed by atoms with van der Waals surface area (Å²) in [6.07, 6.45) is 0. The lowest BCUT2D eigenvalue weighted by Crippen LogP contribution is -2.00. The minimum absolute atomic E-state index is 0.185. The predicted molar refractivity (Wildman–Crippen MR) is 66.0 cm³/mol. The van der Waals surface area contributed by atoms with Gasteiger partial charge in [0.15, 0.2) is 5.82 Å². The fraction of sp³-hybridized carbons (Fsp3) is 0.143. The van der Waals surface area contributed by atoms with Crippen LogP contribution in [0.25, 0.3) is 11.1 Å². The number of halogens is 1. The van der Waals surface area contributed by atoms with Crippen molar-refractivity contribution in [1.82, 2.24) is 0 Å². The molecule has 0 aromatic heterocycles. The van der Waals surface area contributed by atoms with E-state index in [9.17, 15) is 4.39 Å². The third-order valence-corrected chi connectivity index (χ3v) is 2.45. The molecule has 0 radical (unpaired) electrons. The normalized spacial score (nSPS) is 10.1. The van der Waals surface area contributed by atoms with Gasteiger partial charge < -0.3 is 5.32 Å². The molecule has 2 heteroatoms. The summed E-state index contributed by atoms with van der Waals surface area (Å²) in [6, 6.07) is 15.0. The van der Waals surface area contributed by atoms with Crippen molar-refractivity contribution in [2.75, 3.05) is 11.9 Å². The Labute approximate surface area is 94.9 Å². The van der Waals surface area contributed by atoms with Crippen molar-refractivity contribution in [2.45, 2.75) is 6.92 Å². The lowest BCUT2D eigenvalue weighted by atomic mass is 10.0. The molecule has 2 aromatic rings. The van der Waals surface area contributed by atoms with Crippen molar-refractivity contribution < 1.29 is 4.39 Å². The average Bonchev–Trinajstić information content (AvgIpc) is 2.33. The molecule has 0 unspecified atom stereocenters. The highest BCUT2D eigenvalue weighted by Gasteiger charge is 2.08. The summed E-state index contributed by atoms with van der Waals surface area (Å²) in [4.78, 5) is 0. The maximum atomic E-state index is 14.1. The Hall–Kier alpha value is -1.83. The van der Waals surface area contributed by atoms with Crippen LogP contribution >= 0.6 is 0 Å². The second kappa shape index (κ2) is 4.79. The molecular formula is C14H14FN. The van der Waals surface area contributed by atoms with Crippen LogP contribution in [0, 0.1) is 5.82 Å². The molecule has 0 saturated carbocycles. The molecule has 0 aliphatic rings. The summed E-state index contributed by atoms with van der Waals surface area (Å²) >= 11 is 0. The third-order valence-electron chi connectivity index (χ3n) is 2.45. The van der Waals surface area contributed by atoms with Crippen molar-refractivity contribution in [3.63, 3.8) is 0 Å². The van der Waals surface area contributed by atoms with Gasteiger partial charge in [0.05, 0.1) is 5.69 Å². The Bertz CT molecular complexity index is 465. The first-order chi connectivity index (χ1) is 7.83. The summed E-state index contributed by atoms with van der Waals surface area (Å²) in [5, 5.41) is 3.01. The number of anilines is 1. The van der Waals surface area contributed by atoms with Gasteiger partial charge in [-0.25, -0.2) is 4.39 Å². The Balaban J connectivity index is 2.46. The minimum atomic E-state index is -0.185. The minimum Gasteiger partial charge on any atom is -0.383 e. The highest BCUT2D eigenvalue weighted by atomic mass is 19.1. The Morgan fingerprint density at radius 1 is 1.00 bits per heavy atom. The molecule has 0 amide bonds. The molecule has 2 aromatic carbocycles. The molecule has 1 N–H and O–H groups in total. The van der Waals surface area contributed by atoms with E-state index >= 15 is 0 Å². The maximum absolute atomic E-state index is 14.1. The summed E-state index contributed by atoms with van der Waals surface area (Å²) < 4.78 is 14.1. The van der Waals surface area contributed by atoms with Crippen LogP contribution in [0.4, 0.5) is 10.1 Å². The van der Waals surface area contributed by atoms with Crippen molar-refractivity contribution in [2.24, 2.45) is 0 Å². The third kappa shape index (κ3) is 2.06. The summed E-state index contributed by atoms with van der Waals surface area (Å²) in [5.41, 5.74) is 2.10. The SMILES string of the molecule is CCNc1cccc(-c2ccccc2)c1F. The van der Waals surface area contributed by atoms with Gasteiger partial charge in [-0.3, -0.25) is 0 Å². The van der Waals surface area contributed by atoms with Gasteiger partial charge in [-0.05, 0) is 18.6 Å². The van der Waals surface area contributed by atoms with Crippen LogP contribution in [0.1, 0.15) is 6.92 Å². The summed E-state index contributed by atoms with van der Waals surface area (Å²) in [5.74, 6) is -0.185. The molecule has 0 atom stereocenters. The highest BCUT2D eigenvalue weighted by Crippen LogP contribution is 2.27. The van der Waals surface area contributed by atoms with Crippen molar-refractivity contribution in [1.29, 1.82) is 0 Å². The average molecular weight is 215 g/mol. The van der Waals surface area contributed by atoms with E-state index in [2.05, 4.69) is 5.32 Å². The second-order valence-electron chi connectivity index (χ2n) is 3.56. The topological polar surface area (TPSA) is 12.0 Å². The van der Waals surface area contributed by atoms with E-state index in [1.165, 1.54) is 0 Å². The molecule has 0 fully saturated rings. The van der Waals surface area contributed by atoms with Gasteiger partial charge in [0.1, 0.15) is 0 Å². The molecule has 16 heavy (non-hydrogen) atoms. The molecule has 2 rings (SSSR count). The Morgan fingerprint density at radius 2 is 1.75 bits per heavy atom. The van der Waals surface area contributed by atoms with E-state index in [1.807, 2.05) is 43.3 Å². The molecule has 0 saturated heterocycles. The predicted octanol–water partition coefficient (Wildman–Crippen LogP) is 3.92. The van der Waals surface area contributed by atoms with Gasteiger partial charge in [0.25, 0.3) is 0 Å². The number of nitrogens with one attached hydrogen (secondary N) is 1. The van der Waals surface area contributed by atoms with Crippen molar-refractivity contribution in [3.8, 4) is 11.1 Å². The zero-order valence-corrected chi connectivity index (χ0v) is 9.20. The molecule has 0 heterocycles. The largest absolute Gasteiger partial charge is 0.383 e. The Morgan fingerprint density at radius 3 is 2.44 bits per heavy atom. The molecule has 0 spiro atoms. The zero-order chi connectivity index (χ0) is 11.4. The van der Waals surface area contributed by atoms with Gasteiger partial charge in [0, 0.05) is 12.1 Å².